The zero-order valence-corrected chi connectivity index (χ0v) is 13.9. The SMILES string of the molecule is Cn1c(CN[C@@H]2CCCN(c3cccnn3)C2)nc2ccccc21. The molecule has 6 nitrogen and oxygen atoms in total. The van der Waals surface area contributed by atoms with Gasteiger partial charge in [0.05, 0.1) is 17.6 Å². The molecule has 1 aliphatic rings. The van der Waals surface area contributed by atoms with Crippen molar-refractivity contribution in [2.24, 2.45) is 7.05 Å². The molecular weight excluding hydrogens is 300 g/mol. The third-order valence-corrected chi connectivity index (χ3v) is 4.73. The van der Waals surface area contributed by atoms with Gasteiger partial charge in [0, 0.05) is 32.4 Å². The lowest BCUT2D eigenvalue weighted by Crippen LogP contribution is -2.46. The van der Waals surface area contributed by atoms with E-state index < -0.39 is 0 Å². The fourth-order valence-corrected chi connectivity index (χ4v) is 3.40. The highest BCUT2D eigenvalue weighted by Crippen LogP contribution is 2.18. The molecule has 1 aromatic carbocycles. The summed E-state index contributed by atoms with van der Waals surface area (Å²) in [7, 11) is 2.08. The van der Waals surface area contributed by atoms with Gasteiger partial charge >= 0.3 is 0 Å². The van der Waals surface area contributed by atoms with Crippen molar-refractivity contribution in [1.29, 1.82) is 0 Å². The Morgan fingerprint density at radius 2 is 2.12 bits per heavy atom. The maximum Gasteiger partial charge on any atom is 0.151 e. The van der Waals surface area contributed by atoms with Gasteiger partial charge in [0.2, 0.25) is 0 Å². The minimum absolute atomic E-state index is 0.445. The van der Waals surface area contributed by atoms with Crippen LogP contribution in [0.1, 0.15) is 18.7 Å². The van der Waals surface area contributed by atoms with E-state index in [1.807, 2.05) is 18.2 Å². The predicted molar refractivity (Wildman–Crippen MR) is 94.8 cm³/mol. The molecule has 0 saturated carbocycles. The summed E-state index contributed by atoms with van der Waals surface area (Å²) in [6.07, 6.45) is 4.06. The van der Waals surface area contributed by atoms with Gasteiger partial charge in [-0.05, 0) is 37.1 Å². The number of para-hydroxylation sites is 2. The van der Waals surface area contributed by atoms with Crippen molar-refractivity contribution in [3.63, 3.8) is 0 Å². The summed E-state index contributed by atoms with van der Waals surface area (Å²) in [5, 5.41) is 11.9. The van der Waals surface area contributed by atoms with Crippen LogP contribution in [0, 0.1) is 0 Å². The summed E-state index contributed by atoms with van der Waals surface area (Å²) >= 11 is 0. The second kappa shape index (κ2) is 6.57. The smallest absolute Gasteiger partial charge is 0.151 e. The van der Waals surface area contributed by atoms with Crippen LogP contribution in [0.5, 0.6) is 0 Å². The van der Waals surface area contributed by atoms with Crippen molar-refractivity contribution >= 4 is 16.9 Å². The lowest BCUT2D eigenvalue weighted by Gasteiger charge is -2.33. The molecule has 2 aromatic heterocycles. The number of hydrogen-bond donors (Lipinski definition) is 1. The first-order valence-corrected chi connectivity index (χ1v) is 8.47. The van der Waals surface area contributed by atoms with Crippen LogP contribution in [0.4, 0.5) is 5.82 Å². The summed E-state index contributed by atoms with van der Waals surface area (Å²) in [5.41, 5.74) is 2.24. The molecule has 124 valence electrons. The van der Waals surface area contributed by atoms with Crippen molar-refractivity contribution < 1.29 is 0 Å². The van der Waals surface area contributed by atoms with E-state index in [2.05, 4.69) is 50.2 Å². The normalized spacial score (nSPS) is 18.2. The Balaban J connectivity index is 1.42. The number of rotatable bonds is 4. The molecule has 0 unspecified atom stereocenters. The maximum absolute atomic E-state index is 4.74. The molecule has 3 heterocycles. The molecule has 0 bridgehead atoms. The first-order chi connectivity index (χ1) is 11.8. The van der Waals surface area contributed by atoms with Crippen LogP contribution in [0.15, 0.2) is 42.6 Å². The summed E-state index contributed by atoms with van der Waals surface area (Å²) in [6, 6.07) is 12.7. The first-order valence-electron chi connectivity index (χ1n) is 8.47. The third kappa shape index (κ3) is 2.97. The number of aryl methyl sites for hydroxylation is 1. The van der Waals surface area contributed by atoms with Crippen molar-refractivity contribution in [3.05, 3.63) is 48.4 Å². The van der Waals surface area contributed by atoms with E-state index in [-0.39, 0.29) is 0 Å². The third-order valence-electron chi connectivity index (χ3n) is 4.73. The Hall–Kier alpha value is -2.47. The van der Waals surface area contributed by atoms with Gasteiger partial charge in [0.25, 0.3) is 0 Å². The summed E-state index contributed by atoms with van der Waals surface area (Å²) in [4.78, 5) is 7.05. The van der Waals surface area contributed by atoms with Crippen molar-refractivity contribution in [3.8, 4) is 0 Å². The Labute approximate surface area is 141 Å². The van der Waals surface area contributed by atoms with Gasteiger partial charge in [0.1, 0.15) is 5.82 Å². The molecule has 1 aliphatic heterocycles. The van der Waals surface area contributed by atoms with E-state index in [0.29, 0.717) is 6.04 Å². The van der Waals surface area contributed by atoms with Crippen LogP contribution >= 0.6 is 0 Å². The van der Waals surface area contributed by atoms with Crippen LogP contribution in [0.25, 0.3) is 11.0 Å². The first kappa shape index (κ1) is 15.1. The van der Waals surface area contributed by atoms with Crippen LogP contribution in [0.2, 0.25) is 0 Å². The number of hydrogen-bond acceptors (Lipinski definition) is 5. The molecule has 1 atom stereocenters. The van der Waals surface area contributed by atoms with Gasteiger partial charge in [-0.1, -0.05) is 12.1 Å². The minimum Gasteiger partial charge on any atom is -0.354 e. The average molecular weight is 322 g/mol. The summed E-state index contributed by atoms with van der Waals surface area (Å²) in [5.74, 6) is 2.04. The number of anilines is 1. The largest absolute Gasteiger partial charge is 0.354 e. The molecule has 0 radical (unpaired) electrons. The number of aromatic nitrogens is 4. The van der Waals surface area contributed by atoms with Gasteiger partial charge in [-0.2, -0.15) is 5.10 Å². The second-order valence-corrected chi connectivity index (χ2v) is 6.32. The van der Waals surface area contributed by atoms with Crippen molar-refractivity contribution in [2.45, 2.75) is 25.4 Å². The number of benzene rings is 1. The molecule has 0 amide bonds. The Bertz CT molecular complexity index is 813. The number of imidazole rings is 1. The lowest BCUT2D eigenvalue weighted by molar-refractivity contribution is 0.413. The highest BCUT2D eigenvalue weighted by molar-refractivity contribution is 5.75. The van der Waals surface area contributed by atoms with Crippen molar-refractivity contribution in [2.75, 3.05) is 18.0 Å². The molecule has 6 heteroatoms. The second-order valence-electron chi connectivity index (χ2n) is 6.32. The molecule has 1 fully saturated rings. The number of fused-ring (bicyclic) bond motifs is 1. The van der Waals surface area contributed by atoms with Crippen molar-refractivity contribution in [1.82, 2.24) is 25.1 Å². The monoisotopic (exact) mass is 322 g/mol. The van der Waals surface area contributed by atoms with Crippen LogP contribution in [-0.2, 0) is 13.6 Å². The average Bonchev–Trinajstić information content (AvgIpc) is 2.97. The topological polar surface area (TPSA) is 58.9 Å². The molecular formula is C18H22N6. The highest BCUT2D eigenvalue weighted by Gasteiger charge is 2.21. The fourth-order valence-electron chi connectivity index (χ4n) is 3.40. The molecule has 1 saturated heterocycles. The Morgan fingerprint density at radius 1 is 1.21 bits per heavy atom. The van der Waals surface area contributed by atoms with E-state index in [9.17, 15) is 0 Å². The predicted octanol–water partition coefficient (Wildman–Crippen LogP) is 2.12. The number of piperidine rings is 1. The van der Waals surface area contributed by atoms with Gasteiger partial charge in [-0.25, -0.2) is 4.98 Å². The van der Waals surface area contributed by atoms with Crippen LogP contribution in [-0.4, -0.2) is 38.9 Å². The number of nitrogens with one attached hydrogen (secondary N) is 1. The van der Waals surface area contributed by atoms with Gasteiger partial charge in [-0.15, -0.1) is 5.10 Å². The molecule has 1 N–H and O–H groups in total. The Morgan fingerprint density at radius 3 is 2.96 bits per heavy atom. The van der Waals surface area contributed by atoms with E-state index in [0.717, 1.165) is 43.2 Å². The molecule has 4 rings (SSSR count). The molecule has 0 spiro atoms. The lowest BCUT2D eigenvalue weighted by atomic mass is 10.1. The minimum atomic E-state index is 0.445. The van der Waals surface area contributed by atoms with Crippen LogP contribution < -0.4 is 10.2 Å². The van der Waals surface area contributed by atoms with Gasteiger partial charge < -0.3 is 14.8 Å². The van der Waals surface area contributed by atoms with E-state index in [1.54, 1.807) is 6.20 Å². The maximum atomic E-state index is 4.74. The quantitative estimate of drug-likeness (QED) is 0.797. The summed E-state index contributed by atoms with van der Waals surface area (Å²) < 4.78 is 2.17. The fraction of sp³-hybridized carbons (Fsp3) is 0.389. The zero-order valence-electron chi connectivity index (χ0n) is 13.9. The van der Waals surface area contributed by atoms with Gasteiger partial charge in [-0.3, -0.25) is 0 Å². The number of nitrogens with zero attached hydrogens (tertiary/aromatic N) is 5. The van der Waals surface area contributed by atoms with E-state index in [1.165, 1.54) is 11.9 Å². The van der Waals surface area contributed by atoms with Crippen LogP contribution in [0.3, 0.4) is 0 Å². The Kier molecular flexibility index (Phi) is 4.13. The highest BCUT2D eigenvalue weighted by atomic mass is 15.3. The molecule has 3 aromatic rings. The summed E-state index contributed by atoms with van der Waals surface area (Å²) in [6.45, 7) is 2.79. The standard InChI is InChI=1S/C18H22N6/c1-23-16-8-3-2-7-15(16)21-18(23)12-19-14-6-5-11-24(13-14)17-9-4-10-20-22-17/h2-4,7-10,14,19H,5-6,11-13H2,1H3/t14-/m1/s1. The molecule has 24 heavy (non-hydrogen) atoms. The van der Waals surface area contributed by atoms with E-state index >= 15 is 0 Å². The molecule has 0 aliphatic carbocycles. The van der Waals surface area contributed by atoms with E-state index in [4.69, 9.17) is 4.98 Å². The van der Waals surface area contributed by atoms with Gasteiger partial charge in [0.15, 0.2) is 5.82 Å². The zero-order chi connectivity index (χ0) is 16.4.